The molecular formula is C7H13F3IN. The molecule has 0 aromatic rings. The number of hydrogen-bond acceptors (Lipinski definition) is 1. The van der Waals surface area contributed by atoms with E-state index in [0.29, 0.717) is 10.8 Å². The van der Waals surface area contributed by atoms with Crippen LogP contribution in [-0.4, -0.2) is 16.6 Å². The predicted octanol–water partition coefficient (Wildman–Crippen LogP) is 2.73. The van der Waals surface area contributed by atoms with Gasteiger partial charge < -0.3 is 5.73 Å². The zero-order valence-corrected chi connectivity index (χ0v) is 9.02. The van der Waals surface area contributed by atoms with Gasteiger partial charge in [-0.3, -0.25) is 0 Å². The summed E-state index contributed by atoms with van der Waals surface area (Å²) < 4.78 is 36.2. The van der Waals surface area contributed by atoms with Gasteiger partial charge in [-0.1, -0.05) is 22.6 Å². The Hall–Kier alpha value is 0.480. The molecule has 0 saturated carbocycles. The maximum Gasteiger partial charge on any atom is 0.389 e. The van der Waals surface area contributed by atoms with Crippen LogP contribution in [-0.2, 0) is 0 Å². The van der Waals surface area contributed by atoms with Crippen molar-refractivity contribution in [3.63, 3.8) is 0 Å². The molecule has 0 bridgehead atoms. The van der Waals surface area contributed by atoms with Gasteiger partial charge in [-0.05, 0) is 19.3 Å². The Balaban J connectivity index is 3.83. The molecule has 0 aromatic carbocycles. The quantitative estimate of drug-likeness (QED) is 0.626. The van der Waals surface area contributed by atoms with E-state index in [4.69, 9.17) is 5.73 Å². The summed E-state index contributed by atoms with van der Waals surface area (Å²) in [5.74, 6) is -0.328. The molecule has 2 N–H and O–H groups in total. The van der Waals surface area contributed by atoms with Crippen LogP contribution in [0.3, 0.4) is 0 Å². The van der Waals surface area contributed by atoms with Crippen molar-refractivity contribution >= 4 is 22.6 Å². The predicted molar refractivity (Wildman–Crippen MR) is 51.3 cm³/mol. The molecule has 0 rings (SSSR count). The Labute approximate surface area is 84.0 Å². The summed E-state index contributed by atoms with van der Waals surface area (Å²) in [6.45, 7) is 1.73. The number of alkyl halides is 4. The summed E-state index contributed by atoms with van der Waals surface area (Å²) in [4.78, 5) is 0. The molecule has 0 aromatic heterocycles. The first-order valence-corrected chi connectivity index (χ1v) is 5.26. The van der Waals surface area contributed by atoms with E-state index >= 15 is 0 Å². The van der Waals surface area contributed by atoms with Gasteiger partial charge in [0.1, 0.15) is 0 Å². The van der Waals surface area contributed by atoms with Gasteiger partial charge in [-0.2, -0.15) is 13.2 Å². The zero-order valence-electron chi connectivity index (χ0n) is 6.87. The van der Waals surface area contributed by atoms with Gasteiger partial charge >= 0.3 is 6.18 Å². The highest BCUT2D eigenvalue weighted by Gasteiger charge is 2.31. The molecule has 0 aliphatic rings. The van der Waals surface area contributed by atoms with Crippen molar-refractivity contribution < 1.29 is 13.2 Å². The van der Waals surface area contributed by atoms with Gasteiger partial charge in [0.2, 0.25) is 0 Å². The van der Waals surface area contributed by atoms with Crippen molar-refractivity contribution in [3.05, 3.63) is 0 Å². The molecule has 0 spiro atoms. The Morgan fingerprint density at radius 2 is 1.92 bits per heavy atom. The average molecular weight is 295 g/mol. The fourth-order valence-corrected chi connectivity index (χ4v) is 1.72. The highest BCUT2D eigenvalue weighted by Crippen LogP contribution is 2.28. The second kappa shape index (κ2) is 5.26. The van der Waals surface area contributed by atoms with Crippen molar-refractivity contribution in [2.24, 2.45) is 11.7 Å². The van der Waals surface area contributed by atoms with Crippen molar-refractivity contribution in [3.8, 4) is 0 Å². The molecule has 2 unspecified atom stereocenters. The molecule has 74 valence electrons. The van der Waals surface area contributed by atoms with Crippen molar-refractivity contribution in [1.29, 1.82) is 0 Å². The zero-order chi connectivity index (χ0) is 9.78. The number of hydrogen-bond donors (Lipinski definition) is 1. The summed E-state index contributed by atoms with van der Waals surface area (Å²) in [7, 11) is 0. The summed E-state index contributed by atoms with van der Waals surface area (Å²) in [5.41, 5.74) is 5.42. The third-order valence-corrected chi connectivity index (χ3v) is 2.69. The molecule has 1 nitrogen and oxygen atoms in total. The largest absolute Gasteiger partial charge is 0.389 e. The van der Waals surface area contributed by atoms with Crippen molar-refractivity contribution in [2.45, 2.75) is 32.0 Å². The Morgan fingerprint density at radius 1 is 1.42 bits per heavy atom. The first-order valence-electron chi connectivity index (χ1n) is 3.73. The van der Waals surface area contributed by atoms with Crippen LogP contribution in [0.5, 0.6) is 0 Å². The summed E-state index contributed by atoms with van der Waals surface area (Å²) in [6, 6.07) is -0.146. The Morgan fingerprint density at radius 3 is 2.17 bits per heavy atom. The Bertz CT molecular complexity index is 124. The lowest BCUT2D eigenvalue weighted by Crippen LogP contribution is -2.24. The molecule has 0 heterocycles. The molecule has 0 radical (unpaired) electrons. The molecule has 5 heteroatoms. The number of nitrogens with two attached hydrogens (primary N) is 1. The monoisotopic (exact) mass is 295 g/mol. The van der Waals surface area contributed by atoms with E-state index in [1.54, 1.807) is 6.92 Å². The summed E-state index contributed by atoms with van der Waals surface area (Å²) in [5, 5.41) is 0. The van der Waals surface area contributed by atoms with Crippen LogP contribution in [0.4, 0.5) is 13.2 Å². The molecular weight excluding hydrogens is 282 g/mol. The van der Waals surface area contributed by atoms with Crippen LogP contribution in [0.15, 0.2) is 0 Å². The third-order valence-electron chi connectivity index (χ3n) is 1.44. The van der Waals surface area contributed by atoms with Gasteiger partial charge in [-0.25, -0.2) is 0 Å². The second-order valence-electron chi connectivity index (χ2n) is 3.05. The van der Waals surface area contributed by atoms with Crippen molar-refractivity contribution in [1.82, 2.24) is 0 Å². The van der Waals surface area contributed by atoms with E-state index in [1.165, 1.54) is 0 Å². The third kappa shape index (κ3) is 7.15. The highest BCUT2D eigenvalue weighted by molar-refractivity contribution is 14.1. The lowest BCUT2D eigenvalue weighted by Gasteiger charge is -2.17. The first kappa shape index (κ1) is 12.5. The van der Waals surface area contributed by atoms with E-state index in [-0.39, 0.29) is 12.0 Å². The standard InChI is InChI=1S/C7H13F3IN/c1-5(12)2-6(4-11)3-7(8,9)10/h5-6H,2-4,12H2,1H3. The minimum Gasteiger partial charge on any atom is -0.328 e. The van der Waals surface area contributed by atoms with Crippen LogP contribution in [0.25, 0.3) is 0 Å². The summed E-state index contributed by atoms with van der Waals surface area (Å²) in [6.07, 6.45) is -4.31. The SMILES string of the molecule is CC(N)CC(CI)CC(F)(F)F. The van der Waals surface area contributed by atoms with Gasteiger partial charge in [0, 0.05) is 16.9 Å². The van der Waals surface area contributed by atoms with E-state index in [1.807, 2.05) is 22.6 Å². The molecule has 0 aliphatic carbocycles. The minimum absolute atomic E-state index is 0.146. The summed E-state index contributed by atoms with van der Waals surface area (Å²) >= 11 is 1.97. The maximum absolute atomic E-state index is 11.9. The smallest absolute Gasteiger partial charge is 0.328 e. The van der Waals surface area contributed by atoms with Crippen LogP contribution in [0, 0.1) is 5.92 Å². The van der Waals surface area contributed by atoms with Crippen LogP contribution < -0.4 is 5.73 Å². The fraction of sp³-hybridized carbons (Fsp3) is 1.00. The van der Waals surface area contributed by atoms with E-state index < -0.39 is 12.6 Å². The normalized spacial score (nSPS) is 17.5. The van der Waals surface area contributed by atoms with E-state index in [2.05, 4.69) is 0 Å². The van der Waals surface area contributed by atoms with Crippen LogP contribution in [0.1, 0.15) is 19.8 Å². The average Bonchev–Trinajstić information content (AvgIpc) is 1.82. The van der Waals surface area contributed by atoms with Gasteiger partial charge in [0.05, 0.1) is 0 Å². The molecule has 0 aliphatic heterocycles. The van der Waals surface area contributed by atoms with Gasteiger partial charge in [0.15, 0.2) is 0 Å². The maximum atomic E-state index is 11.9. The Kier molecular flexibility index (Phi) is 5.47. The van der Waals surface area contributed by atoms with E-state index in [9.17, 15) is 13.2 Å². The van der Waals surface area contributed by atoms with Crippen LogP contribution >= 0.6 is 22.6 Å². The first-order chi connectivity index (χ1) is 5.35. The van der Waals surface area contributed by atoms with E-state index in [0.717, 1.165) is 0 Å². The van der Waals surface area contributed by atoms with Crippen LogP contribution in [0.2, 0.25) is 0 Å². The van der Waals surface area contributed by atoms with Gasteiger partial charge in [0.25, 0.3) is 0 Å². The minimum atomic E-state index is -4.05. The second-order valence-corrected chi connectivity index (χ2v) is 3.93. The molecule has 2 atom stereocenters. The number of rotatable bonds is 4. The highest BCUT2D eigenvalue weighted by atomic mass is 127. The molecule has 12 heavy (non-hydrogen) atoms. The molecule has 0 amide bonds. The number of halogens is 4. The molecule has 0 saturated heterocycles. The topological polar surface area (TPSA) is 26.0 Å². The molecule has 0 fully saturated rings. The fourth-order valence-electron chi connectivity index (χ4n) is 1.05. The van der Waals surface area contributed by atoms with Gasteiger partial charge in [-0.15, -0.1) is 0 Å². The lowest BCUT2D eigenvalue weighted by molar-refractivity contribution is -0.143. The lowest BCUT2D eigenvalue weighted by atomic mass is 10.00. The van der Waals surface area contributed by atoms with Crippen molar-refractivity contribution in [2.75, 3.05) is 4.43 Å².